The highest BCUT2D eigenvalue weighted by molar-refractivity contribution is 7.99. The molecule has 0 aliphatic carbocycles. The Bertz CT molecular complexity index is 479. The fraction of sp³-hybridized carbons (Fsp3) is 0.700. The molecule has 0 spiro atoms. The lowest BCUT2D eigenvalue weighted by Gasteiger charge is -2.23. The first-order valence-corrected chi connectivity index (χ1v) is 6.56. The highest BCUT2D eigenvalue weighted by Gasteiger charge is 2.29. The van der Waals surface area contributed by atoms with Gasteiger partial charge in [-0.15, -0.1) is 5.10 Å². The van der Waals surface area contributed by atoms with E-state index < -0.39 is 11.4 Å². The van der Waals surface area contributed by atoms with Crippen LogP contribution >= 0.6 is 11.8 Å². The number of nitrogens with two attached hydrogens (primary N) is 2. The molecular weight excluding hydrogens is 254 g/mol. The van der Waals surface area contributed by atoms with Crippen LogP contribution in [-0.4, -0.2) is 31.5 Å². The average Bonchev–Trinajstić information content (AvgIpc) is 2.58. The van der Waals surface area contributed by atoms with Crippen LogP contribution in [0.3, 0.4) is 0 Å². The van der Waals surface area contributed by atoms with Crippen molar-refractivity contribution in [2.24, 2.45) is 11.5 Å². The molecule has 0 bridgehead atoms. The van der Waals surface area contributed by atoms with Crippen LogP contribution in [0.1, 0.15) is 27.2 Å². The summed E-state index contributed by atoms with van der Waals surface area (Å²) in [7, 11) is 0. The molecule has 0 aromatic carbocycles. The van der Waals surface area contributed by atoms with E-state index in [0.29, 0.717) is 18.1 Å². The number of rotatable bonds is 6. The second-order valence-corrected chi connectivity index (χ2v) is 5.88. The van der Waals surface area contributed by atoms with Crippen LogP contribution in [0.15, 0.2) is 9.95 Å². The third kappa shape index (κ3) is 3.36. The van der Waals surface area contributed by atoms with E-state index in [0.717, 1.165) is 0 Å². The third-order valence-electron chi connectivity index (χ3n) is 2.62. The van der Waals surface area contributed by atoms with Gasteiger partial charge in [0.05, 0.1) is 5.54 Å². The molecule has 0 fully saturated rings. The van der Waals surface area contributed by atoms with Crippen LogP contribution in [-0.2, 0) is 11.3 Å². The van der Waals surface area contributed by atoms with Crippen molar-refractivity contribution in [3.8, 4) is 0 Å². The van der Waals surface area contributed by atoms with Crippen molar-refractivity contribution in [1.29, 1.82) is 0 Å². The quantitative estimate of drug-likeness (QED) is 0.613. The summed E-state index contributed by atoms with van der Waals surface area (Å²) in [5.74, 6) is -0.537. The van der Waals surface area contributed by atoms with E-state index in [4.69, 9.17) is 11.5 Å². The van der Waals surface area contributed by atoms with Crippen molar-refractivity contribution < 1.29 is 4.79 Å². The molecule has 0 saturated heterocycles. The standard InChI is InChI=1S/C10H19N5O2S/c1-4-15-8(17)13-14-9(15)18-6(2)5-10(3,12)7(11)16/h6H,4-5,12H2,1-3H3,(H2,11,16)(H,13,17). The summed E-state index contributed by atoms with van der Waals surface area (Å²) in [4.78, 5) is 22.5. The van der Waals surface area contributed by atoms with Gasteiger partial charge in [-0.1, -0.05) is 18.7 Å². The zero-order chi connectivity index (χ0) is 13.9. The largest absolute Gasteiger partial charge is 0.368 e. The minimum atomic E-state index is -1.06. The molecule has 0 radical (unpaired) electrons. The Hall–Kier alpha value is -1.28. The van der Waals surface area contributed by atoms with Gasteiger partial charge in [0.15, 0.2) is 5.16 Å². The maximum atomic E-state index is 11.4. The van der Waals surface area contributed by atoms with Crippen LogP contribution in [0, 0.1) is 0 Å². The Kier molecular flexibility index (Phi) is 4.58. The zero-order valence-corrected chi connectivity index (χ0v) is 11.6. The minimum Gasteiger partial charge on any atom is -0.368 e. The van der Waals surface area contributed by atoms with Crippen LogP contribution in [0.5, 0.6) is 0 Å². The summed E-state index contributed by atoms with van der Waals surface area (Å²) in [6.45, 7) is 5.92. The highest BCUT2D eigenvalue weighted by atomic mass is 32.2. The Morgan fingerprint density at radius 1 is 1.67 bits per heavy atom. The average molecular weight is 273 g/mol. The Labute approximate surface area is 109 Å². The van der Waals surface area contributed by atoms with Crippen LogP contribution in [0.4, 0.5) is 0 Å². The predicted octanol–water partition coefficient (Wildman–Crippen LogP) is -0.335. The first kappa shape index (κ1) is 14.8. The molecule has 0 aliphatic heterocycles. The maximum Gasteiger partial charge on any atom is 0.343 e. The van der Waals surface area contributed by atoms with Crippen LogP contribution in [0.2, 0.25) is 0 Å². The molecule has 1 amide bonds. The number of carbonyl (C=O) groups excluding carboxylic acids is 1. The van der Waals surface area contributed by atoms with Crippen molar-refractivity contribution >= 4 is 17.7 Å². The third-order valence-corrected chi connectivity index (χ3v) is 3.71. The summed E-state index contributed by atoms with van der Waals surface area (Å²) in [6.07, 6.45) is 0.414. The van der Waals surface area contributed by atoms with Gasteiger partial charge >= 0.3 is 5.69 Å². The molecule has 5 N–H and O–H groups in total. The second-order valence-electron chi connectivity index (χ2n) is 4.47. The molecule has 0 saturated carbocycles. The minimum absolute atomic E-state index is 0.0213. The number of thioether (sulfide) groups is 1. The molecule has 18 heavy (non-hydrogen) atoms. The van der Waals surface area contributed by atoms with Gasteiger partial charge in [0.1, 0.15) is 0 Å². The normalized spacial score (nSPS) is 16.2. The SMILES string of the molecule is CCn1c(SC(C)CC(C)(N)C(N)=O)n[nH]c1=O. The summed E-state index contributed by atoms with van der Waals surface area (Å²) in [5, 5.41) is 6.94. The first-order chi connectivity index (χ1) is 8.27. The van der Waals surface area contributed by atoms with Crippen molar-refractivity contribution in [1.82, 2.24) is 14.8 Å². The van der Waals surface area contributed by atoms with Crippen molar-refractivity contribution in [3.63, 3.8) is 0 Å². The lowest BCUT2D eigenvalue weighted by Crippen LogP contribution is -2.50. The van der Waals surface area contributed by atoms with E-state index in [1.54, 1.807) is 6.92 Å². The second kappa shape index (κ2) is 5.57. The lowest BCUT2D eigenvalue weighted by atomic mass is 9.97. The monoisotopic (exact) mass is 273 g/mol. The van der Waals surface area contributed by atoms with Gasteiger partial charge in [-0.05, 0) is 20.3 Å². The van der Waals surface area contributed by atoms with E-state index in [1.165, 1.54) is 16.3 Å². The maximum absolute atomic E-state index is 11.4. The molecule has 1 aromatic heterocycles. The van der Waals surface area contributed by atoms with E-state index >= 15 is 0 Å². The van der Waals surface area contributed by atoms with Crippen LogP contribution < -0.4 is 17.2 Å². The van der Waals surface area contributed by atoms with Crippen LogP contribution in [0.25, 0.3) is 0 Å². The lowest BCUT2D eigenvalue weighted by molar-refractivity contribution is -0.122. The number of hydrogen-bond acceptors (Lipinski definition) is 5. The van der Waals surface area contributed by atoms with Gasteiger partial charge in [-0.3, -0.25) is 9.36 Å². The number of nitrogens with one attached hydrogen (secondary N) is 1. The molecule has 1 heterocycles. The summed E-state index contributed by atoms with van der Waals surface area (Å²) >= 11 is 1.39. The number of amides is 1. The Balaban J connectivity index is 2.73. The van der Waals surface area contributed by atoms with E-state index in [9.17, 15) is 9.59 Å². The number of nitrogens with zero attached hydrogens (tertiary/aromatic N) is 2. The molecule has 2 atom stereocenters. The van der Waals surface area contributed by atoms with Gasteiger partial charge in [0.25, 0.3) is 0 Å². The van der Waals surface area contributed by atoms with Crippen molar-refractivity contribution in [2.75, 3.05) is 0 Å². The summed E-state index contributed by atoms with van der Waals surface area (Å²) in [5.41, 5.74) is 9.73. The molecule has 102 valence electrons. The number of primary amides is 1. The fourth-order valence-corrected chi connectivity index (χ4v) is 2.82. The van der Waals surface area contributed by atoms with Crippen molar-refractivity contribution in [3.05, 3.63) is 10.5 Å². The molecule has 2 unspecified atom stereocenters. The van der Waals surface area contributed by atoms with Crippen molar-refractivity contribution in [2.45, 2.75) is 49.7 Å². The van der Waals surface area contributed by atoms with Gasteiger partial charge < -0.3 is 11.5 Å². The Morgan fingerprint density at radius 3 is 2.78 bits per heavy atom. The van der Waals surface area contributed by atoms with E-state index in [2.05, 4.69) is 10.2 Å². The fourth-order valence-electron chi connectivity index (χ4n) is 1.59. The Morgan fingerprint density at radius 2 is 2.28 bits per heavy atom. The number of aromatic amines is 1. The summed E-state index contributed by atoms with van der Waals surface area (Å²) < 4.78 is 1.53. The van der Waals surface area contributed by atoms with Gasteiger partial charge in [-0.25, -0.2) is 9.89 Å². The topological polar surface area (TPSA) is 120 Å². The molecular formula is C10H19N5O2S. The number of H-pyrrole nitrogens is 1. The smallest absolute Gasteiger partial charge is 0.343 e. The number of aromatic nitrogens is 3. The molecule has 7 nitrogen and oxygen atoms in total. The first-order valence-electron chi connectivity index (χ1n) is 5.68. The molecule has 8 heteroatoms. The van der Waals surface area contributed by atoms with E-state index in [1.807, 2.05) is 13.8 Å². The molecule has 0 aliphatic rings. The van der Waals surface area contributed by atoms with Gasteiger partial charge in [0.2, 0.25) is 5.91 Å². The highest BCUT2D eigenvalue weighted by Crippen LogP contribution is 2.25. The molecule has 1 aromatic rings. The van der Waals surface area contributed by atoms with Gasteiger partial charge in [0, 0.05) is 11.8 Å². The van der Waals surface area contributed by atoms with Gasteiger partial charge in [-0.2, -0.15) is 0 Å². The number of hydrogen-bond donors (Lipinski definition) is 3. The zero-order valence-electron chi connectivity index (χ0n) is 10.8. The van der Waals surface area contributed by atoms with E-state index in [-0.39, 0.29) is 10.9 Å². The molecule has 1 rings (SSSR count). The number of carbonyl (C=O) groups is 1. The predicted molar refractivity (Wildman–Crippen MR) is 70.2 cm³/mol. The summed E-state index contributed by atoms with van der Waals surface area (Å²) in [6, 6.07) is 0.